The molecule has 2 saturated heterocycles. The number of hydrogen-bond acceptors (Lipinski definition) is 7. The number of carbonyl (C=O) groups is 4. The van der Waals surface area contributed by atoms with Gasteiger partial charge in [0.2, 0.25) is 11.8 Å². The van der Waals surface area contributed by atoms with Crippen molar-refractivity contribution in [3.05, 3.63) is 23.8 Å². The summed E-state index contributed by atoms with van der Waals surface area (Å²) in [5, 5.41) is 26.4. The summed E-state index contributed by atoms with van der Waals surface area (Å²) in [6, 6.07) is 3.08. The zero-order chi connectivity index (χ0) is 24.3. The summed E-state index contributed by atoms with van der Waals surface area (Å²) >= 11 is 0. The van der Waals surface area contributed by atoms with Gasteiger partial charge in [-0.2, -0.15) is 0 Å². The summed E-state index contributed by atoms with van der Waals surface area (Å²) in [7, 11) is 1.38. The number of phenols is 1. The van der Waals surface area contributed by atoms with Gasteiger partial charge < -0.3 is 26.0 Å². The topological polar surface area (TPSA) is 171 Å². The van der Waals surface area contributed by atoms with Gasteiger partial charge in [-0.15, -0.1) is 0 Å². The molecule has 1 aromatic rings. The second kappa shape index (κ2) is 9.65. The smallest absolute Gasteiger partial charge is 0.324 e. The Hall–Kier alpha value is -3.34. The van der Waals surface area contributed by atoms with Crippen LogP contribution in [0.4, 0.5) is 4.79 Å². The molecule has 0 radical (unpaired) electrons. The van der Waals surface area contributed by atoms with E-state index >= 15 is 0 Å². The molecule has 11 heteroatoms. The number of nitrogens with one attached hydrogen (secondary N) is 2. The molecule has 4 atom stereocenters. The number of urea groups is 1. The number of carbonyl (C=O) groups excluding carboxylic acids is 3. The Morgan fingerprint density at radius 1 is 1.27 bits per heavy atom. The van der Waals surface area contributed by atoms with E-state index in [2.05, 4.69) is 10.6 Å². The second-order valence-corrected chi connectivity index (χ2v) is 8.38. The van der Waals surface area contributed by atoms with Gasteiger partial charge >= 0.3 is 12.0 Å². The molecule has 3 rings (SSSR count). The SMILES string of the molecule is CCCCN1C(=O)C2C(c3cccc(OC)c3O)NC(CCCNC(N)=O)(C(=O)O)C2C1=O. The molecule has 180 valence electrons. The average Bonchev–Trinajstić information content (AvgIpc) is 3.24. The molecule has 4 unspecified atom stereocenters. The molecule has 0 aromatic heterocycles. The number of amides is 4. The van der Waals surface area contributed by atoms with E-state index in [9.17, 15) is 29.4 Å². The Morgan fingerprint density at radius 2 is 2.00 bits per heavy atom. The van der Waals surface area contributed by atoms with Gasteiger partial charge in [0.05, 0.1) is 18.9 Å². The number of nitrogens with zero attached hydrogens (tertiary/aromatic N) is 1. The van der Waals surface area contributed by atoms with Gasteiger partial charge in [0.15, 0.2) is 11.5 Å². The lowest BCUT2D eigenvalue weighted by atomic mass is 9.77. The van der Waals surface area contributed by atoms with E-state index in [0.717, 1.165) is 11.3 Å². The van der Waals surface area contributed by atoms with E-state index in [1.807, 2.05) is 6.92 Å². The third kappa shape index (κ3) is 4.20. The predicted molar refractivity (Wildman–Crippen MR) is 116 cm³/mol. The van der Waals surface area contributed by atoms with Crippen molar-refractivity contribution in [1.82, 2.24) is 15.5 Å². The minimum Gasteiger partial charge on any atom is -0.504 e. The van der Waals surface area contributed by atoms with Crippen molar-refractivity contribution in [1.29, 1.82) is 0 Å². The number of nitrogens with two attached hydrogens (primary N) is 1. The van der Waals surface area contributed by atoms with E-state index in [1.54, 1.807) is 18.2 Å². The fourth-order valence-electron chi connectivity index (χ4n) is 4.93. The number of benzene rings is 1. The van der Waals surface area contributed by atoms with Crippen molar-refractivity contribution in [3.63, 3.8) is 0 Å². The molecule has 2 aliphatic heterocycles. The Bertz CT molecular complexity index is 953. The first-order valence-corrected chi connectivity index (χ1v) is 10.9. The van der Waals surface area contributed by atoms with Crippen LogP contribution >= 0.6 is 0 Å². The van der Waals surface area contributed by atoms with Gasteiger partial charge in [-0.1, -0.05) is 25.5 Å². The van der Waals surface area contributed by atoms with Gasteiger partial charge in [-0.25, -0.2) is 4.79 Å². The van der Waals surface area contributed by atoms with Gasteiger partial charge in [0.25, 0.3) is 0 Å². The summed E-state index contributed by atoms with van der Waals surface area (Å²) in [6.07, 6.45) is 1.53. The molecule has 0 spiro atoms. The lowest BCUT2D eigenvalue weighted by Gasteiger charge is -2.31. The number of phenolic OH excluding ortho intramolecular Hbond substituents is 1. The number of aromatic hydroxyl groups is 1. The molecule has 0 aliphatic carbocycles. The Kier molecular flexibility index (Phi) is 7.11. The third-order valence-corrected chi connectivity index (χ3v) is 6.49. The van der Waals surface area contributed by atoms with Crippen molar-refractivity contribution in [2.24, 2.45) is 17.6 Å². The van der Waals surface area contributed by atoms with Gasteiger partial charge in [0.1, 0.15) is 5.54 Å². The van der Waals surface area contributed by atoms with E-state index in [1.165, 1.54) is 7.11 Å². The number of likely N-dealkylation sites (tertiary alicyclic amines) is 1. The van der Waals surface area contributed by atoms with Crippen LogP contribution in [0.1, 0.15) is 44.2 Å². The van der Waals surface area contributed by atoms with E-state index < -0.39 is 47.2 Å². The molecule has 0 saturated carbocycles. The second-order valence-electron chi connectivity index (χ2n) is 8.38. The number of unbranched alkanes of at least 4 members (excludes halogenated alkanes) is 1. The van der Waals surface area contributed by atoms with Gasteiger partial charge in [-0.05, 0) is 25.3 Å². The Balaban J connectivity index is 2.06. The van der Waals surface area contributed by atoms with Crippen LogP contribution in [0.5, 0.6) is 11.5 Å². The highest BCUT2D eigenvalue weighted by atomic mass is 16.5. The highest BCUT2D eigenvalue weighted by Gasteiger charge is 2.68. The van der Waals surface area contributed by atoms with Crippen molar-refractivity contribution >= 4 is 23.8 Å². The van der Waals surface area contributed by atoms with Crippen LogP contribution in [0.2, 0.25) is 0 Å². The molecule has 11 nitrogen and oxygen atoms in total. The van der Waals surface area contributed by atoms with Crippen molar-refractivity contribution < 1.29 is 34.1 Å². The number of aliphatic carboxylic acids is 1. The lowest BCUT2D eigenvalue weighted by Crippen LogP contribution is -2.56. The minimum absolute atomic E-state index is 0.0361. The first kappa shape index (κ1) is 24.3. The number of ether oxygens (including phenoxy) is 1. The van der Waals surface area contributed by atoms with Gasteiger partial charge in [0, 0.05) is 24.7 Å². The number of carboxylic acid groups (broad SMARTS) is 1. The normalized spacial score (nSPS) is 26.4. The summed E-state index contributed by atoms with van der Waals surface area (Å²) in [5.74, 6) is -4.50. The zero-order valence-electron chi connectivity index (χ0n) is 18.7. The largest absolute Gasteiger partial charge is 0.504 e. The molecule has 0 bridgehead atoms. The first-order valence-electron chi connectivity index (χ1n) is 10.9. The molecular weight excluding hydrogens is 432 g/mol. The summed E-state index contributed by atoms with van der Waals surface area (Å²) in [4.78, 5) is 51.5. The summed E-state index contributed by atoms with van der Waals surface area (Å²) in [5.41, 5.74) is 3.60. The molecule has 33 heavy (non-hydrogen) atoms. The Labute approximate surface area is 191 Å². The molecule has 2 heterocycles. The number of hydrogen-bond donors (Lipinski definition) is 5. The maximum Gasteiger partial charge on any atom is 0.324 e. The lowest BCUT2D eigenvalue weighted by molar-refractivity contribution is -0.151. The zero-order valence-corrected chi connectivity index (χ0v) is 18.7. The number of rotatable bonds is 10. The van der Waals surface area contributed by atoms with Gasteiger partial charge in [-0.3, -0.25) is 24.6 Å². The van der Waals surface area contributed by atoms with E-state index in [-0.39, 0.29) is 43.0 Å². The number of fused-ring (bicyclic) bond motifs is 1. The molecule has 4 amide bonds. The van der Waals surface area contributed by atoms with E-state index in [4.69, 9.17) is 10.5 Å². The first-order chi connectivity index (χ1) is 15.7. The molecule has 1 aromatic carbocycles. The average molecular weight is 463 g/mol. The number of para-hydroxylation sites is 1. The standard InChI is InChI=1S/C22H30N4O7/c1-3-4-11-26-18(28)14-15(19(26)29)22(20(30)31,9-6-10-24-21(23)32)25-16(14)12-7-5-8-13(33-2)17(12)27/h5,7-8,14-16,25,27H,3-4,6,9-11H2,1-2H3,(H,30,31)(H3,23,24,32). The monoisotopic (exact) mass is 462 g/mol. The summed E-state index contributed by atoms with van der Waals surface area (Å²) < 4.78 is 5.17. The third-order valence-electron chi connectivity index (χ3n) is 6.49. The highest BCUT2D eigenvalue weighted by Crippen LogP contribution is 2.52. The molecular formula is C22H30N4O7. The number of imide groups is 1. The maximum absolute atomic E-state index is 13.4. The molecule has 2 fully saturated rings. The number of methoxy groups -OCH3 is 1. The van der Waals surface area contributed by atoms with Crippen LogP contribution in [0.15, 0.2) is 18.2 Å². The highest BCUT2D eigenvalue weighted by molar-refractivity contribution is 6.09. The maximum atomic E-state index is 13.4. The predicted octanol–water partition coefficient (Wildman–Crippen LogP) is 0.718. The Morgan fingerprint density at radius 3 is 2.61 bits per heavy atom. The fraction of sp³-hybridized carbons (Fsp3) is 0.545. The van der Waals surface area contributed by atoms with Crippen LogP contribution < -0.4 is 21.1 Å². The van der Waals surface area contributed by atoms with Crippen LogP contribution in [0.25, 0.3) is 0 Å². The fourth-order valence-corrected chi connectivity index (χ4v) is 4.93. The number of carboxylic acids is 1. The van der Waals surface area contributed by atoms with Crippen molar-refractivity contribution in [2.75, 3.05) is 20.2 Å². The van der Waals surface area contributed by atoms with Crippen LogP contribution in [-0.2, 0) is 14.4 Å². The van der Waals surface area contributed by atoms with Crippen molar-refractivity contribution in [2.45, 2.75) is 44.2 Å². The number of primary amides is 1. The van der Waals surface area contributed by atoms with Crippen LogP contribution in [0.3, 0.4) is 0 Å². The summed E-state index contributed by atoms with van der Waals surface area (Å²) in [6.45, 7) is 2.24. The molecule has 6 N–H and O–H groups in total. The van der Waals surface area contributed by atoms with Crippen LogP contribution in [-0.4, -0.2) is 64.7 Å². The molecule has 2 aliphatic rings. The van der Waals surface area contributed by atoms with Crippen molar-refractivity contribution in [3.8, 4) is 11.5 Å². The quantitative estimate of drug-likeness (QED) is 0.250. The minimum atomic E-state index is -1.77. The van der Waals surface area contributed by atoms with E-state index in [0.29, 0.717) is 6.42 Å². The van der Waals surface area contributed by atoms with Crippen LogP contribution in [0, 0.1) is 11.8 Å².